The number of rotatable bonds is 6. The summed E-state index contributed by atoms with van der Waals surface area (Å²) in [7, 11) is 0. The van der Waals surface area contributed by atoms with Crippen molar-refractivity contribution >= 4 is 11.8 Å². The number of carbonyl (C=O) groups excluding carboxylic acids is 2. The molecule has 0 saturated carbocycles. The van der Waals surface area contributed by atoms with E-state index >= 15 is 0 Å². The molecule has 24 heavy (non-hydrogen) atoms. The fraction of sp³-hybridized carbons (Fsp3) is 0.579. The predicted octanol–water partition coefficient (Wildman–Crippen LogP) is 2.39. The summed E-state index contributed by atoms with van der Waals surface area (Å²) < 4.78 is 5.65. The maximum atomic E-state index is 12.1. The smallest absolute Gasteiger partial charge is 0.258 e. The van der Waals surface area contributed by atoms with Crippen LogP contribution in [0.3, 0.4) is 0 Å². The number of likely N-dealkylation sites (tertiary alicyclic amines) is 1. The second-order valence-corrected chi connectivity index (χ2v) is 6.57. The van der Waals surface area contributed by atoms with E-state index in [1.165, 1.54) is 0 Å². The third kappa shape index (κ3) is 4.98. The summed E-state index contributed by atoms with van der Waals surface area (Å²) in [5, 5.41) is 3.01. The second kappa shape index (κ2) is 8.71. The molecule has 2 amide bonds. The van der Waals surface area contributed by atoms with Crippen molar-refractivity contribution in [1.29, 1.82) is 0 Å². The van der Waals surface area contributed by atoms with Gasteiger partial charge in [0.1, 0.15) is 5.75 Å². The Morgan fingerprint density at radius 1 is 1.25 bits per heavy atom. The maximum absolute atomic E-state index is 12.1. The fourth-order valence-electron chi connectivity index (χ4n) is 2.96. The summed E-state index contributed by atoms with van der Waals surface area (Å²) in [6, 6.07) is 7.90. The number of para-hydroxylation sites is 1. The highest BCUT2D eigenvalue weighted by Crippen LogP contribution is 2.18. The molecule has 0 unspecified atom stereocenters. The van der Waals surface area contributed by atoms with Gasteiger partial charge in [-0.25, -0.2) is 0 Å². The minimum Gasteiger partial charge on any atom is -0.483 e. The van der Waals surface area contributed by atoms with Crippen LogP contribution in [0, 0.1) is 5.92 Å². The lowest BCUT2D eigenvalue weighted by Crippen LogP contribution is -2.48. The minimum absolute atomic E-state index is 0.0299. The van der Waals surface area contributed by atoms with Crippen molar-refractivity contribution in [3.63, 3.8) is 0 Å². The average molecular weight is 332 g/mol. The number of piperidine rings is 1. The zero-order valence-electron chi connectivity index (χ0n) is 14.9. The summed E-state index contributed by atoms with van der Waals surface area (Å²) >= 11 is 0. The van der Waals surface area contributed by atoms with Crippen LogP contribution in [0.2, 0.25) is 0 Å². The van der Waals surface area contributed by atoms with Gasteiger partial charge in [0.25, 0.3) is 5.91 Å². The molecule has 0 bridgehead atoms. The molecule has 0 atom stereocenters. The maximum Gasteiger partial charge on any atom is 0.258 e. The van der Waals surface area contributed by atoms with Gasteiger partial charge in [-0.2, -0.15) is 0 Å². The van der Waals surface area contributed by atoms with Crippen molar-refractivity contribution in [2.24, 2.45) is 5.92 Å². The van der Waals surface area contributed by atoms with Crippen LogP contribution in [0.5, 0.6) is 5.75 Å². The van der Waals surface area contributed by atoms with Crippen LogP contribution < -0.4 is 10.1 Å². The Morgan fingerprint density at radius 3 is 2.54 bits per heavy atom. The van der Waals surface area contributed by atoms with E-state index in [-0.39, 0.29) is 30.4 Å². The van der Waals surface area contributed by atoms with Gasteiger partial charge in [-0.3, -0.25) is 9.59 Å². The number of aryl methyl sites for hydroxylation is 1. The molecule has 0 spiro atoms. The number of carbonyl (C=O) groups is 2. The lowest BCUT2D eigenvalue weighted by Gasteiger charge is -2.33. The number of ether oxygens (including phenoxy) is 1. The molecule has 1 aromatic carbocycles. The van der Waals surface area contributed by atoms with Crippen molar-refractivity contribution < 1.29 is 14.3 Å². The topological polar surface area (TPSA) is 58.6 Å². The van der Waals surface area contributed by atoms with Crippen LogP contribution in [-0.2, 0) is 16.0 Å². The van der Waals surface area contributed by atoms with Gasteiger partial charge in [-0.1, -0.05) is 39.0 Å². The molecule has 1 aliphatic rings. The number of hydrogen-bond donors (Lipinski definition) is 1. The van der Waals surface area contributed by atoms with Crippen molar-refractivity contribution in [3.8, 4) is 5.75 Å². The Balaban J connectivity index is 1.75. The third-order valence-corrected chi connectivity index (χ3v) is 4.38. The Bertz CT molecular complexity index is 563. The summed E-state index contributed by atoms with van der Waals surface area (Å²) in [5.41, 5.74) is 1.10. The number of nitrogens with one attached hydrogen (secondary N) is 1. The minimum atomic E-state index is -0.102. The van der Waals surface area contributed by atoms with Crippen LogP contribution in [0.1, 0.15) is 39.2 Å². The van der Waals surface area contributed by atoms with Gasteiger partial charge < -0.3 is 15.0 Å². The van der Waals surface area contributed by atoms with Crippen LogP contribution in [0.25, 0.3) is 0 Å². The Hall–Kier alpha value is -2.04. The van der Waals surface area contributed by atoms with E-state index in [0.717, 1.165) is 30.6 Å². The van der Waals surface area contributed by atoms with Gasteiger partial charge in [0, 0.05) is 25.0 Å². The summed E-state index contributed by atoms with van der Waals surface area (Å²) in [5.74, 6) is 0.893. The zero-order valence-corrected chi connectivity index (χ0v) is 14.9. The molecule has 1 heterocycles. The zero-order chi connectivity index (χ0) is 17.5. The molecule has 5 nitrogen and oxygen atoms in total. The van der Waals surface area contributed by atoms with Crippen LogP contribution in [0.4, 0.5) is 0 Å². The lowest BCUT2D eigenvalue weighted by atomic mass is 10.0. The van der Waals surface area contributed by atoms with Crippen LogP contribution in [-0.4, -0.2) is 42.5 Å². The van der Waals surface area contributed by atoms with Gasteiger partial charge in [0.05, 0.1) is 0 Å². The van der Waals surface area contributed by atoms with Gasteiger partial charge in [-0.15, -0.1) is 0 Å². The molecular weight excluding hydrogens is 304 g/mol. The number of hydrogen-bond acceptors (Lipinski definition) is 3. The van der Waals surface area contributed by atoms with Gasteiger partial charge in [0.15, 0.2) is 6.61 Å². The summed E-state index contributed by atoms with van der Waals surface area (Å²) in [6.07, 6.45) is 2.48. The quantitative estimate of drug-likeness (QED) is 0.870. The van der Waals surface area contributed by atoms with E-state index < -0.39 is 0 Å². The second-order valence-electron chi connectivity index (χ2n) is 6.57. The SMILES string of the molecule is CCc1ccccc1OCC(=O)NC1CCN(C(=O)C(C)C)CC1. The number of benzene rings is 1. The van der Waals surface area contributed by atoms with Crippen molar-refractivity contribution in [3.05, 3.63) is 29.8 Å². The van der Waals surface area contributed by atoms with E-state index in [9.17, 15) is 9.59 Å². The highest BCUT2D eigenvalue weighted by atomic mass is 16.5. The van der Waals surface area contributed by atoms with E-state index in [1.54, 1.807) is 0 Å². The monoisotopic (exact) mass is 332 g/mol. The third-order valence-electron chi connectivity index (χ3n) is 4.38. The molecule has 0 aliphatic carbocycles. The molecule has 1 aliphatic heterocycles. The largest absolute Gasteiger partial charge is 0.483 e. The molecule has 1 aromatic rings. The van der Waals surface area contributed by atoms with Crippen LogP contribution in [0.15, 0.2) is 24.3 Å². The average Bonchev–Trinajstić information content (AvgIpc) is 2.60. The Morgan fingerprint density at radius 2 is 1.92 bits per heavy atom. The number of amides is 2. The molecule has 0 radical (unpaired) electrons. The Kier molecular flexibility index (Phi) is 6.64. The molecule has 0 aromatic heterocycles. The standard InChI is InChI=1S/C19H28N2O3/c1-4-15-7-5-6-8-17(15)24-13-18(22)20-16-9-11-21(12-10-16)19(23)14(2)3/h5-8,14,16H,4,9-13H2,1-3H3,(H,20,22). The van der Waals surface area contributed by atoms with Gasteiger partial charge >= 0.3 is 0 Å². The summed E-state index contributed by atoms with van der Waals surface area (Å²) in [4.78, 5) is 25.9. The van der Waals surface area contributed by atoms with Crippen molar-refractivity contribution in [1.82, 2.24) is 10.2 Å². The fourth-order valence-corrected chi connectivity index (χ4v) is 2.96. The number of nitrogens with zero attached hydrogens (tertiary/aromatic N) is 1. The van der Waals surface area contributed by atoms with Crippen molar-refractivity contribution in [2.45, 2.75) is 46.1 Å². The van der Waals surface area contributed by atoms with E-state index in [0.29, 0.717) is 13.1 Å². The van der Waals surface area contributed by atoms with E-state index in [4.69, 9.17) is 4.74 Å². The first-order valence-corrected chi connectivity index (χ1v) is 8.80. The predicted molar refractivity (Wildman–Crippen MR) is 93.9 cm³/mol. The Labute approximate surface area is 144 Å². The van der Waals surface area contributed by atoms with E-state index in [2.05, 4.69) is 12.2 Å². The normalized spacial score (nSPS) is 15.4. The van der Waals surface area contributed by atoms with E-state index in [1.807, 2.05) is 43.0 Å². The van der Waals surface area contributed by atoms with Crippen molar-refractivity contribution in [2.75, 3.05) is 19.7 Å². The van der Waals surface area contributed by atoms with Gasteiger partial charge in [-0.05, 0) is 30.9 Å². The molecule has 5 heteroatoms. The van der Waals surface area contributed by atoms with Gasteiger partial charge in [0.2, 0.25) is 5.91 Å². The first-order chi connectivity index (χ1) is 11.5. The molecule has 132 valence electrons. The molecule has 2 rings (SSSR count). The lowest BCUT2D eigenvalue weighted by molar-refractivity contribution is -0.135. The van der Waals surface area contributed by atoms with Crippen LogP contribution >= 0.6 is 0 Å². The highest BCUT2D eigenvalue weighted by molar-refractivity contribution is 5.79. The summed E-state index contributed by atoms with van der Waals surface area (Å²) in [6.45, 7) is 7.35. The molecule has 1 fully saturated rings. The highest BCUT2D eigenvalue weighted by Gasteiger charge is 2.25. The molecule has 1 saturated heterocycles. The molecular formula is C19H28N2O3. The molecule has 1 N–H and O–H groups in total. The first-order valence-electron chi connectivity index (χ1n) is 8.80. The first kappa shape index (κ1) is 18.3.